The topological polar surface area (TPSA) is 46.9 Å². The maximum absolute atomic E-state index is 12.2. The number of hydrogen-bond acceptors (Lipinski definition) is 2. The van der Waals surface area contributed by atoms with E-state index in [1.54, 1.807) is 22.9 Å². The molecule has 0 aliphatic heterocycles. The van der Waals surface area contributed by atoms with Crippen LogP contribution in [-0.2, 0) is 7.05 Å². The van der Waals surface area contributed by atoms with E-state index in [0.29, 0.717) is 15.6 Å². The van der Waals surface area contributed by atoms with E-state index in [4.69, 9.17) is 23.2 Å². The predicted octanol–water partition coefficient (Wildman–Crippen LogP) is 3.53. The summed E-state index contributed by atoms with van der Waals surface area (Å²) in [6.07, 6.45) is 1.89. The Hall–Kier alpha value is -1.52. The van der Waals surface area contributed by atoms with Crippen LogP contribution in [0.4, 0.5) is 0 Å². The van der Waals surface area contributed by atoms with Gasteiger partial charge in [-0.3, -0.25) is 9.48 Å². The molecule has 1 N–H and O–H groups in total. The summed E-state index contributed by atoms with van der Waals surface area (Å²) in [6.45, 7) is 3.82. The van der Waals surface area contributed by atoms with Crippen LogP contribution in [0.3, 0.4) is 0 Å². The molecular formula is C14H15Cl2N3O. The van der Waals surface area contributed by atoms with Crippen molar-refractivity contribution in [2.75, 3.05) is 0 Å². The SMILES string of the molecule is Cc1nn(C)cc1C(C)NC(=O)c1ccc(Cl)cc1Cl. The Balaban J connectivity index is 2.17. The molecule has 0 saturated heterocycles. The molecule has 0 saturated carbocycles. The van der Waals surface area contributed by atoms with E-state index < -0.39 is 0 Å². The average molecular weight is 312 g/mol. The molecule has 0 fully saturated rings. The first-order valence-electron chi connectivity index (χ1n) is 6.14. The van der Waals surface area contributed by atoms with Gasteiger partial charge in [0.25, 0.3) is 5.91 Å². The van der Waals surface area contributed by atoms with E-state index >= 15 is 0 Å². The molecule has 1 heterocycles. The Morgan fingerprint density at radius 3 is 2.65 bits per heavy atom. The van der Waals surface area contributed by atoms with Gasteiger partial charge in [0.1, 0.15) is 0 Å². The van der Waals surface area contributed by atoms with Crippen molar-refractivity contribution in [1.29, 1.82) is 0 Å². The normalized spacial score (nSPS) is 12.2. The highest BCUT2D eigenvalue weighted by atomic mass is 35.5. The molecule has 1 aromatic carbocycles. The summed E-state index contributed by atoms with van der Waals surface area (Å²) in [5.74, 6) is -0.234. The van der Waals surface area contributed by atoms with Gasteiger partial charge in [-0.2, -0.15) is 5.10 Å². The molecule has 1 amide bonds. The van der Waals surface area contributed by atoms with Crippen LogP contribution in [0.15, 0.2) is 24.4 Å². The Bertz CT molecular complexity index is 652. The Labute approximate surface area is 127 Å². The van der Waals surface area contributed by atoms with Gasteiger partial charge in [0, 0.05) is 23.8 Å². The molecule has 0 radical (unpaired) electrons. The minimum Gasteiger partial charge on any atom is -0.345 e. The van der Waals surface area contributed by atoms with Crippen LogP contribution in [0.5, 0.6) is 0 Å². The third-order valence-electron chi connectivity index (χ3n) is 3.04. The van der Waals surface area contributed by atoms with E-state index in [0.717, 1.165) is 11.3 Å². The maximum atomic E-state index is 12.2. The second-order valence-corrected chi connectivity index (χ2v) is 5.51. The lowest BCUT2D eigenvalue weighted by Gasteiger charge is -2.14. The molecule has 4 nitrogen and oxygen atoms in total. The fourth-order valence-electron chi connectivity index (χ4n) is 2.07. The molecular weight excluding hydrogens is 297 g/mol. The zero-order valence-electron chi connectivity index (χ0n) is 11.4. The fourth-order valence-corrected chi connectivity index (χ4v) is 2.56. The summed E-state index contributed by atoms with van der Waals surface area (Å²) in [7, 11) is 1.85. The Morgan fingerprint density at radius 1 is 1.40 bits per heavy atom. The molecule has 0 spiro atoms. The molecule has 2 aromatic rings. The van der Waals surface area contributed by atoms with Crippen LogP contribution in [0.25, 0.3) is 0 Å². The van der Waals surface area contributed by atoms with Crippen molar-refractivity contribution < 1.29 is 4.79 Å². The predicted molar refractivity (Wildman–Crippen MR) is 80.3 cm³/mol. The van der Waals surface area contributed by atoms with Crippen molar-refractivity contribution in [3.63, 3.8) is 0 Å². The van der Waals surface area contributed by atoms with Gasteiger partial charge in [-0.15, -0.1) is 0 Å². The number of nitrogens with zero attached hydrogens (tertiary/aromatic N) is 2. The first-order chi connectivity index (χ1) is 9.38. The second-order valence-electron chi connectivity index (χ2n) is 4.66. The number of carbonyl (C=O) groups excluding carboxylic acids is 1. The highest BCUT2D eigenvalue weighted by Gasteiger charge is 2.17. The summed E-state index contributed by atoms with van der Waals surface area (Å²) >= 11 is 11.8. The van der Waals surface area contributed by atoms with Crippen molar-refractivity contribution >= 4 is 29.1 Å². The smallest absolute Gasteiger partial charge is 0.253 e. The van der Waals surface area contributed by atoms with Gasteiger partial charge in [-0.05, 0) is 32.0 Å². The minimum absolute atomic E-state index is 0.150. The highest BCUT2D eigenvalue weighted by Crippen LogP contribution is 2.22. The number of amides is 1. The number of benzene rings is 1. The third kappa shape index (κ3) is 3.14. The van der Waals surface area contributed by atoms with Gasteiger partial charge < -0.3 is 5.32 Å². The summed E-state index contributed by atoms with van der Waals surface area (Å²) < 4.78 is 1.72. The van der Waals surface area contributed by atoms with E-state index in [9.17, 15) is 4.79 Å². The van der Waals surface area contributed by atoms with Gasteiger partial charge in [0.05, 0.1) is 22.3 Å². The monoisotopic (exact) mass is 311 g/mol. The molecule has 106 valence electrons. The van der Waals surface area contributed by atoms with Crippen LogP contribution in [0, 0.1) is 6.92 Å². The first-order valence-corrected chi connectivity index (χ1v) is 6.90. The zero-order chi connectivity index (χ0) is 14.9. The maximum Gasteiger partial charge on any atom is 0.253 e. The summed E-state index contributed by atoms with van der Waals surface area (Å²) in [5.41, 5.74) is 2.28. The number of nitrogens with one attached hydrogen (secondary N) is 1. The molecule has 0 bridgehead atoms. The lowest BCUT2D eigenvalue weighted by Crippen LogP contribution is -2.27. The van der Waals surface area contributed by atoms with Crippen molar-refractivity contribution in [2.45, 2.75) is 19.9 Å². The molecule has 1 atom stereocenters. The number of rotatable bonds is 3. The quantitative estimate of drug-likeness (QED) is 0.942. The van der Waals surface area contributed by atoms with E-state index in [-0.39, 0.29) is 11.9 Å². The molecule has 1 unspecified atom stereocenters. The van der Waals surface area contributed by atoms with E-state index in [1.807, 2.05) is 27.1 Å². The first kappa shape index (κ1) is 14.9. The van der Waals surface area contributed by atoms with Crippen LogP contribution in [0.2, 0.25) is 10.0 Å². The molecule has 6 heteroatoms. The van der Waals surface area contributed by atoms with Crippen LogP contribution in [0.1, 0.15) is 34.6 Å². The average Bonchev–Trinajstić information content (AvgIpc) is 2.68. The lowest BCUT2D eigenvalue weighted by molar-refractivity contribution is 0.0940. The van der Waals surface area contributed by atoms with Gasteiger partial charge in [0.15, 0.2) is 0 Å². The number of hydrogen-bond donors (Lipinski definition) is 1. The van der Waals surface area contributed by atoms with Crippen molar-refractivity contribution in [2.24, 2.45) is 7.05 Å². The highest BCUT2D eigenvalue weighted by molar-refractivity contribution is 6.36. The lowest BCUT2D eigenvalue weighted by atomic mass is 10.1. The van der Waals surface area contributed by atoms with Crippen LogP contribution >= 0.6 is 23.2 Å². The standard InChI is InChI=1S/C14H15Cl2N3O/c1-8(12-7-19(3)18-9(12)2)17-14(20)11-5-4-10(15)6-13(11)16/h4-8H,1-3H3,(H,17,20). The third-order valence-corrected chi connectivity index (χ3v) is 3.59. The van der Waals surface area contributed by atoms with Crippen LogP contribution in [-0.4, -0.2) is 15.7 Å². The van der Waals surface area contributed by atoms with E-state index in [1.165, 1.54) is 0 Å². The van der Waals surface area contributed by atoms with Gasteiger partial charge in [-0.25, -0.2) is 0 Å². The molecule has 0 aliphatic rings. The van der Waals surface area contributed by atoms with Crippen molar-refractivity contribution in [1.82, 2.24) is 15.1 Å². The van der Waals surface area contributed by atoms with Crippen molar-refractivity contribution in [3.05, 3.63) is 51.3 Å². The second kappa shape index (κ2) is 5.85. The number of halogens is 2. The molecule has 20 heavy (non-hydrogen) atoms. The Morgan fingerprint density at radius 2 is 2.10 bits per heavy atom. The number of aryl methyl sites for hydroxylation is 2. The van der Waals surface area contributed by atoms with E-state index in [2.05, 4.69) is 10.4 Å². The minimum atomic E-state index is -0.234. The summed E-state index contributed by atoms with van der Waals surface area (Å²) in [4.78, 5) is 12.2. The molecule has 1 aromatic heterocycles. The molecule has 0 aliphatic carbocycles. The van der Waals surface area contributed by atoms with Gasteiger partial charge in [0.2, 0.25) is 0 Å². The zero-order valence-corrected chi connectivity index (χ0v) is 13.0. The molecule has 2 rings (SSSR count). The summed E-state index contributed by atoms with van der Waals surface area (Å²) in [5, 5.41) is 8.01. The Kier molecular flexibility index (Phi) is 4.35. The largest absolute Gasteiger partial charge is 0.345 e. The number of carbonyl (C=O) groups is 1. The van der Waals surface area contributed by atoms with Crippen LogP contribution < -0.4 is 5.32 Å². The summed E-state index contributed by atoms with van der Waals surface area (Å²) in [6, 6.07) is 4.66. The van der Waals surface area contributed by atoms with Gasteiger partial charge >= 0.3 is 0 Å². The van der Waals surface area contributed by atoms with Crippen molar-refractivity contribution in [3.8, 4) is 0 Å². The number of aromatic nitrogens is 2. The van der Waals surface area contributed by atoms with Gasteiger partial charge in [-0.1, -0.05) is 23.2 Å². The fraction of sp³-hybridized carbons (Fsp3) is 0.286.